The molecule has 2 aromatic heterocycles. The van der Waals surface area contributed by atoms with Gasteiger partial charge < -0.3 is 18.8 Å². The van der Waals surface area contributed by atoms with Crippen molar-refractivity contribution >= 4 is 5.91 Å². The summed E-state index contributed by atoms with van der Waals surface area (Å²) in [6, 6.07) is 6.35. The van der Waals surface area contributed by atoms with Crippen LogP contribution in [0.2, 0.25) is 0 Å². The zero-order valence-corrected chi connectivity index (χ0v) is 19.4. The molecule has 0 spiro atoms. The van der Waals surface area contributed by atoms with Crippen LogP contribution in [0, 0.1) is 12.8 Å². The van der Waals surface area contributed by atoms with Crippen molar-refractivity contribution in [3.8, 4) is 11.4 Å². The Kier molecular flexibility index (Phi) is 5.69. The minimum absolute atomic E-state index is 0.0274. The number of alkyl halides is 3. The van der Waals surface area contributed by atoms with Gasteiger partial charge in [-0.25, -0.2) is 4.98 Å². The second-order valence-electron chi connectivity index (χ2n) is 9.34. The fourth-order valence-electron chi connectivity index (χ4n) is 4.32. The summed E-state index contributed by atoms with van der Waals surface area (Å²) in [4.78, 5) is 32.1. The molecule has 1 atom stereocenters. The molecule has 35 heavy (non-hydrogen) atoms. The minimum atomic E-state index is -4.53. The van der Waals surface area contributed by atoms with E-state index in [1.807, 2.05) is 6.92 Å². The lowest BCUT2D eigenvalue weighted by atomic mass is 10.1. The first-order valence-corrected chi connectivity index (χ1v) is 11.5. The summed E-state index contributed by atoms with van der Waals surface area (Å²) in [6.07, 6.45) is 0.767. The van der Waals surface area contributed by atoms with E-state index in [4.69, 9.17) is 4.74 Å². The fourth-order valence-corrected chi connectivity index (χ4v) is 4.32. The predicted octanol–water partition coefficient (Wildman–Crippen LogP) is 4.19. The van der Waals surface area contributed by atoms with Gasteiger partial charge in [0.25, 0.3) is 11.5 Å². The van der Waals surface area contributed by atoms with Gasteiger partial charge in [-0.05, 0) is 68.5 Å². The third kappa shape index (κ3) is 4.69. The van der Waals surface area contributed by atoms with Crippen LogP contribution >= 0.6 is 0 Å². The van der Waals surface area contributed by atoms with Gasteiger partial charge in [-0.3, -0.25) is 9.59 Å². The molecule has 3 heterocycles. The standard InChI is InChI=1S/C25H25F3N4O3/c1-15-10-30(14-29-15)21-5-6-22-24(34)31(16(2)11-32(22)23(21)33)12-18-7-19(25(26,27)28)9-20(8-18)35-13-17-3-4-17/h5-10,14,16-17H,3-4,11-13H2,1-2H3. The molecule has 3 aromatic rings. The van der Waals surface area contributed by atoms with Crippen molar-refractivity contribution in [2.45, 2.75) is 52.0 Å². The number of benzene rings is 1. The number of hydrogen-bond donors (Lipinski definition) is 0. The van der Waals surface area contributed by atoms with E-state index in [1.54, 1.807) is 35.9 Å². The molecule has 1 aromatic carbocycles. The number of rotatable bonds is 6. The number of carbonyl (C=O) groups is 1. The topological polar surface area (TPSA) is 69.4 Å². The van der Waals surface area contributed by atoms with Gasteiger partial charge in [0.15, 0.2) is 0 Å². The van der Waals surface area contributed by atoms with E-state index in [9.17, 15) is 22.8 Å². The molecule has 1 amide bonds. The Morgan fingerprint density at radius 1 is 1.14 bits per heavy atom. The quantitative estimate of drug-likeness (QED) is 0.524. The van der Waals surface area contributed by atoms with E-state index in [2.05, 4.69) is 4.98 Å². The highest BCUT2D eigenvalue weighted by molar-refractivity contribution is 5.93. The van der Waals surface area contributed by atoms with Gasteiger partial charge in [0, 0.05) is 25.3 Å². The van der Waals surface area contributed by atoms with Crippen LogP contribution in [-0.2, 0) is 19.3 Å². The van der Waals surface area contributed by atoms with Crippen molar-refractivity contribution in [1.29, 1.82) is 0 Å². The molecule has 1 aliphatic carbocycles. The number of aromatic nitrogens is 3. The molecule has 0 N–H and O–H groups in total. The second-order valence-corrected chi connectivity index (χ2v) is 9.34. The maximum Gasteiger partial charge on any atom is 0.416 e. The molecule has 0 saturated heterocycles. The summed E-state index contributed by atoms with van der Waals surface area (Å²) in [6.45, 7) is 4.17. The Balaban J connectivity index is 1.44. The smallest absolute Gasteiger partial charge is 0.416 e. The van der Waals surface area contributed by atoms with E-state index in [1.165, 1.54) is 15.8 Å². The number of ether oxygens (including phenoxy) is 1. The molecule has 10 heteroatoms. The summed E-state index contributed by atoms with van der Waals surface area (Å²) < 4.78 is 49.2. The molecule has 0 radical (unpaired) electrons. The summed E-state index contributed by atoms with van der Waals surface area (Å²) in [5, 5.41) is 0. The van der Waals surface area contributed by atoms with E-state index < -0.39 is 23.7 Å². The summed E-state index contributed by atoms with van der Waals surface area (Å²) in [5.41, 5.74) is 0.518. The van der Waals surface area contributed by atoms with Gasteiger partial charge >= 0.3 is 6.18 Å². The van der Waals surface area contributed by atoms with Crippen molar-refractivity contribution in [2.75, 3.05) is 6.61 Å². The zero-order valence-electron chi connectivity index (χ0n) is 19.4. The molecule has 1 unspecified atom stereocenters. The van der Waals surface area contributed by atoms with Gasteiger partial charge in [-0.1, -0.05) is 0 Å². The van der Waals surface area contributed by atoms with Crippen LogP contribution in [0.15, 0.2) is 47.7 Å². The van der Waals surface area contributed by atoms with Crippen LogP contribution < -0.4 is 10.3 Å². The Hall–Kier alpha value is -3.56. The molecule has 0 bridgehead atoms. The summed E-state index contributed by atoms with van der Waals surface area (Å²) in [5.74, 6) is 0.130. The van der Waals surface area contributed by atoms with Crippen LogP contribution in [0.1, 0.15) is 47.1 Å². The number of hydrogen-bond acceptors (Lipinski definition) is 4. The molecular weight excluding hydrogens is 461 g/mol. The Morgan fingerprint density at radius 2 is 1.91 bits per heavy atom. The second kappa shape index (κ2) is 8.58. The SMILES string of the molecule is Cc1cn(-c2ccc3n(c2=O)CC(C)N(Cc2cc(OCC4CC4)cc(C(F)(F)F)c2)C3=O)cn1. The largest absolute Gasteiger partial charge is 0.493 e. The van der Waals surface area contributed by atoms with E-state index in [-0.39, 0.29) is 30.1 Å². The first-order chi connectivity index (χ1) is 16.6. The molecule has 184 valence electrons. The predicted molar refractivity (Wildman–Crippen MR) is 122 cm³/mol. The summed E-state index contributed by atoms with van der Waals surface area (Å²) in [7, 11) is 0. The average Bonchev–Trinajstić information content (AvgIpc) is 3.54. The molecule has 7 nitrogen and oxygen atoms in total. The van der Waals surface area contributed by atoms with Crippen molar-refractivity contribution in [1.82, 2.24) is 19.0 Å². The third-order valence-electron chi connectivity index (χ3n) is 6.43. The number of halogens is 3. The lowest BCUT2D eigenvalue weighted by molar-refractivity contribution is -0.137. The maximum atomic E-state index is 13.5. The number of pyridine rings is 1. The van der Waals surface area contributed by atoms with Crippen LogP contribution in [0.3, 0.4) is 0 Å². The Morgan fingerprint density at radius 3 is 2.57 bits per heavy atom. The average molecular weight is 486 g/mol. The first kappa shape index (κ1) is 23.2. The normalized spacial score (nSPS) is 18.0. The number of carbonyl (C=O) groups excluding carboxylic acids is 1. The number of imidazole rings is 1. The zero-order chi connectivity index (χ0) is 24.9. The molecular formula is C25H25F3N4O3. The first-order valence-electron chi connectivity index (χ1n) is 11.5. The van der Waals surface area contributed by atoms with Crippen LogP contribution in [0.5, 0.6) is 5.75 Å². The number of nitrogens with zero attached hydrogens (tertiary/aromatic N) is 4. The molecule has 5 rings (SSSR count). The van der Waals surface area contributed by atoms with Gasteiger partial charge in [0.2, 0.25) is 0 Å². The van der Waals surface area contributed by atoms with Crippen LogP contribution in [-0.4, -0.2) is 37.6 Å². The lowest BCUT2D eigenvalue weighted by Crippen LogP contribution is -2.49. The number of aryl methyl sites for hydroxylation is 1. The van der Waals surface area contributed by atoms with Gasteiger partial charge in [0.1, 0.15) is 17.1 Å². The monoisotopic (exact) mass is 486 g/mol. The highest BCUT2D eigenvalue weighted by Gasteiger charge is 2.34. The van der Waals surface area contributed by atoms with Gasteiger partial charge in [-0.15, -0.1) is 0 Å². The highest BCUT2D eigenvalue weighted by Crippen LogP contribution is 2.35. The highest BCUT2D eigenvalue weighted by atomic mass is 19.4. The molecule has 1 saturated carbocycles. The Labute approximate surface area is 199 Å². The number of fused-ring (bicyclic) bond motifs is 1. The van der Waals surface area contributed by atoms with E-state index in [0.29, 0.717) is 23.8 Å². The van der Waals surface area contributed by atoms with E-state index in [0.717, 1.165) is 30.7 Å². The van der Waals surface area contributed by atoms with Gasteiger partial charge in [0.05, 0.1) is 24.2 Å². The van der Waals surface area contributed by atoms with Crippen LogP contribution in [0.25, 0.3) is 5.69 Å². The van der Waals surface area contributed by atoms with Crippen molar-refractivity contribution < 1.29 is 22.7 Å². The minimum Gasteiger partial charge on any atom is -0.493 e. The lowest BCUT2D eigenvalue weighted by Gasteiger charge is -2.35. The van der Waals surface area contributed by atoms with Crippen molar-refractivity contribution in [3.63, 3.8) is 0 Å². The maximum absolute atomic E-state index is 13.5. The summed E-state index contributed by atoms with van der Waals surface area (Å²) >= 11 is 0. The Bertz CT molecular complexity index is 1340. The molecule has 1 aliphatic heterocycles. The fraction of sp³-hybridized carbons (Fsp3) is 0.400. The molecule has 2 aliphatic rings. The van der Waals surface area contributed by atoms with Crippen molar-refractivity contribution in [3.05, 3.63) is 75.7 Å². The van der Waals surface area contributed by atoms with Crippen LogP contribution in [0.4, 0.5) is 13.2 Å². The molecule has 1 fully saturated rings. The van der Waals surface area contributed by atoms with E-state index >= 15 is 0 Å². The third-order valence-corrected chi connectivity index (χ3v) is 6.43. The van der Waals surface area contributed by atoms with Gasteiger partial charge in [-0.2, -0.15) is 13.2 Å². The van der Waals surface area contributed by atoms with Crippen molar-refractivity contribution in [2.24, 2.45) is 5.92 Å². The number of amides is 1.